The van der Waals surface area contributed by atoms with Crippen molar-refractivity contribution in [2.24, 2.45) is 0 Å². The molecule has 0 unspecified atom stereocenters. The maximum Gasteiger partial charge on any atom is 0.343 e. The van der Waals surface area contributed by atoms with Crippen LogP contribution in [-0.4, -0.2) is 48.7 Å². The number of aromatic carboxylic acids is 1. The quantitative estimate of drug-likeness (QED) is 0.675. The molecular weight excluding hydrogens is 364 g/mol. The lowest BCUT2D eigenvalue weighted by Gasteiger charge is -2.18. The van der Waals surface area contributed by atoms with Gasteiger partial charge in [0, 0.05) is 20.1 Å². The Morgan fingerprint density at radius 3 is 2.18 bits per heavy atom. The second-order valence-electron chi connectivity index (χ2n) is 6.03. The fourth-order valence-corrected chi connectivity index (χ4v) is 2.32. The molecule has 2 amide bonds. The largest absolute Gasteiger partial charge is 0.482 e. The molecule has 8 heteroatoms. The number of carbonyl (C=O) groups is 3. The van der Waals surface area contributed by atoms with Gasteiger partial charge in [-0.25, -0.2) is 14.4 Å². The van der Waals surface area contributed by atoms with E-state index < -0.39 is 11.9 Å². The van der Waals surface area contributed by atoms with Crippen molar-refractivity contribution >= 4 is 18.0 Å². The highest BCUT2D eigenvalue weighted by Gasteiger charge is 2.10. The van der Waals surface area contributed by atoms with Gasteiger partial charge in [0.25, 0.3) is 0 Å². The van der Waals surface area contributed by atoms with E-state index >= 15 is 0 Å². The smallest absolute Gasteiger partial charge is 0.343 e. The van der Waals surface area contributed by atoms with Crippen LogP contribution >= 0.6 is 0 Å². The molecule has 28 heavy (non-hydrogen) atoms. The van der Waals surface area contributed by atoms with Crippen molar-refractivity contribution in [2.75, 3.05) is 20.8 Å². The molecule has 0 spiro atoms. The van der Waals surface area contributed by atoms with Gasteiger partial charge in [0.15, 0.2) is 6.61 Å². The van der Waals surface area contributed by atoms with Gasteiger partial charge in [-0.15, -0.1) is 0 Å². The highest BCUT2D eigenvalue weighted by atomic mass is 16.6. The number of nitrogens with one attached hydrogen (secondary N) is 1. The van der Waals surface area contributed by atoms with Crippen molar-refractivity contribution in [2.45, 2.75) is 13.1 Å². The molecule has 0 aliphatic carbocycles. The van der Waals surface area contributed by atoms with Gasteiger partial charge in [-0.2, -0.15) is 0 Å². The number of carboxylic acid groups (broad SMARTS) is 1. The van der Waals surface area contributed by atoms with Gasteiger partial charge in [0.2, 0.25) is 0 Å². The van der Waals surface area contributed by atoms with E-state index in [1.807, 2.05) is 0 Å². The third-order valence-electron chi connectivity index (χ3n) is 3.92. The highest BCUT2D eigenvalue weighted by molar-refractivity contribution is 5.87. The molecule has 2 rings (SSSR count). The number of ether oxygens (including phenoxy) is 2. The first-order valence-electron chi connectivity index (χ1n) is 8.49. The number of amides is 2. The molecule has 0 atom stereocenters. The Kier molecular flexibility index (Phi) is 7.38. The van der Waals surface area contributed by atoms with Crippen molar-refractivity contribution in [3.8, 4) is 5.75 Å². The maximum atomic E-state index is 12.2. The van der Waals surface area contributed by atoms with Gasteiger partial charge in [-0.3, -0.25) is 0 Å². The van der Waals surface area contributed by atoms with Gasteiger partial charge in [-0.1, -0.05) is 24.3 Å². The molecular formula is C20H22N2O6. The number of esters is 1. The van der Waals surface area contributed by atoms with E-state index in [0.29, 0.717) is 18.8 Å². The van der Waals surface area contributed by atoms with Gasteiger partial charge < -0.3 is 24.8 Å². The zero-order valence-electron chi connectivity index (χ0n) is 15.7. The third kappa shape index (κ3) is 6.31. The molecule has 0 saturated carbocycles. The lowest BCUT2D eigenvalue weighted by Crippen LogP contribution is -2.36. The number of rotatable bonds is 8. The summed E-state index contributed by atoms with van der Waals surface area (Å²) in [6, 6.07) is 13.1. The summed E-state index contributed by atoms with van der Waals surface area (Å²) in [5.74, 6) is -0.916. The van der Waals surface area contributed by atoms with Crippen molar-refractivity contribution in [3.63, 3.8) is 0 Å². The maximum absolute atomic E-state index is 12.2. The minimum atomic E-state index is -0.989. The van der Waals surface area contributed by atoms with Crippen molar-refractivity contribution < 1.29 is 29.0 Å². The molecule has 8 nitrogen and oxygen atoms in total. The summed E-state index contributed by atoms with van der Waals surface area (Å²) in [5.41, 5.74) is 1.90. The van der Waals surface area contributed by atoms with Gasteiger partial charge >= 0.3 is 18.0 Å². The van der Waals surface area contributed by atoms with Crippen LogP contribution in [-0.2, 0) is 22.6 Å². The predicted molar refractivity (Wildman–Crippen MR) is 101 cm³/mol. The summed E-state index contributed by atoms with van der Waals surface area (Å²) < 4.78 is 9.78. The number of nitrogens with zero attached hydrogens (tertiary/aromatic N) is 1. The summed E-state index contributed by atoms with van der Waals surface area (Å²) in [4.78, 5) is 35.6. The molecule has 0 aliphatic rings. The van der Waals surface area contributed by atoms with E-state index in [1.54, 1.807) is 43.4 Å². The number of carboxylic acids is 1. The SMILES string of the molecule is COC(=O)COc1ccc(CN(C)C(=O)NCc2ccc(C(=O)O)cc2)cc1. The summed E-state index contributed by atoms with van der Waals surface area (Å²) in [6.07, 6.45) is 0. The lowest BCUT2D eigenvalue weighted by atomic mass is 10.1. The van der Waals surface area contributed by atoms with E-state index in [0.717, 1.165) is 11.1 Å². The van der Waals surface area contributed by atoms with E-state index in [9.17, 15) is 14.4 Å². The van der Waals surface area contributed by atoms with Crippen LogP contribution in [0.5, 0.6) is 5.75 Å². The first-order chi connectivity index (χ1) is 13.4. The normalized spacial score (nSPS) is 10.1. The number of hydrogen-bond acceptors (Lipinski definition) is 5. The Labute approximate surface area is 162 Å². The van der Waals surface area contributed by atoms with E-state index in [4.69, 9.17) is 9.84 Å². The van der Waals surface area contributed by atoms with Crippen LogP contribution < -0.4 is 10.1 Å². The molecule has 0 aliphatic heterocycles. The molecule has 0 radical (unpaired) electrons. The van der Waals surface area contributed by atoms with Crippen molar-refractivity contribution in [1.29, 1.82) is 0 Å². The number of hydrogen-bond donors (Lipinski definition) is 2. The second kappa shape index (κ2) is 9.96. The van der Waals surface area contributed by atoms with Crippen LogP contribution in [0.4, 0.5) is 4.79 Å². The van der Waals surface area contributed by atoms with Crippen molar-refractivity contribution in [3.05, 3.63) is 65.2 Å². The Morgan fingerprint density at radius 1 is 1.00 bits per heavy atom. The summed E-state index contributed by atoms with van der Waals surface area (Å²) in [5, 5.41) is 11.7. The summed E-state index contributed by atoms with van der Waals surface area (Å²) in [6.45, 7) is 0.524. The highest BCUT2D eigenvalue weighted by Crippen LogP contribution is 2.13. The number of methoxy groups -OCH3 is 1. The van der Waals surface area contributed by atoms with Gasteiger partial charge in [0.05, 0.1) is 12.7 Å². The van der Waals surface area contributed by atoms with Crippen LogP contribution in [0.25, 0.3) is 0 Å². The zero-order chi connectivity index (χ0) is 20.5. The topological polar surface area (TPSA) is 105 Å². The molecule has 0 fully saturated rings. The van der Waals surface area contributed by atoms with E-state index in [2.05, 4.69) is 10.1 Å². The Bertz CT molecular complexity index is 818. The second-order valence-corrected chi connectivity index (χ2v) is 6.03. The molecule has 2 aromatic carbocycles. The first-order valence-corrected chi connectivity index (χ1v) is 8.49. The van der Waals surface area contributed by atoms with Crippen LogP contribution in [0, 0.1) is 0 Å². The Balaban J connectivity index is 1.81. The zero-order valence-corrected chi connectivity index (χ0v) is 15.7. The monoisotopic (exact) mass is 386 g/mol. The van der Waals surface area contributed by atoms with E-state index in [-0.39, 0.29) is 18.2 Å². The molecule has 0 bridgehead atoms. The molecule has 2 aromatic rings. The predicted octanol–water partition coefficient (Wildman–Crippen LogP) is 2.28. The van der Waals surface area contributed by atoms with Crippen molar-refractivity contribution in [1.82, 2.24) is 10.2 Å². The average molecular weight is 386 g/mol. The Hall–Kier alpha value is -3.55. The number of carbonyl (C=O) groups excluding carboxylic acids is 2. The molecule has 0 heterocycles. The molecule has 2 N–H and O–H groups in total. The van der Waals surface area contributed by atoms with Gasteiger partial charge in [0.1, 0.15) is 5.75 Å². The molecule has 148 valence electrons. The third-order valence-corrected chi connectivity index (χ3v) is 3.92. The lowest BCUT2D eigenvalue weighted by molar-refractivity contribution is -0.142. The van der Waals surface area contributed by atoms with E-state index in [1.165, 1.54) is 24.1 Å². The van der Waals surface area contributed by atoms with Gasteiger partial charge in [-0.05, 0) is 35.4 Å². The molecule has 0 aromatic heterocycles. The number of urea groups is 1. The van der Waals surface area contributed by atoms with Crippen LogP contribution in [0.3, 0.4) is 0 Å². The van der Waals surface area contributed by atoms with Crippen LogP contribution in [0.15, 0.2) is 48.5 Å². The fourth-order valence-electron chi connectivity index (χ4n) is 2.32. The van der Waals surface area contributed by atoms with Crippen LogP contribution in [0.2, 0.25) is 0 Å². The Morgan fingerprint density at radius 2 is 1.61 bits per heavy atom. The minimum absolute atomic E-state index is 0.161. The summed E-state index contributed by atoms with van der Waals surface area (Å²) in [7, 11) is 2.96. The van der Waals surface area contributed by atoms with Crippen LogP contribution in [0.1, 0.15) is 21.5 Å². The first kappa shape index (κ1) is 20.8. The molecule has 0 saturated heterocycles. The minimum Gasteiger partial charge on any atom is -0.482 e. The average Bonchev–Trinajstić information content (AvgIpc) is 2.71. The summed E-state index contributed by atoms with van der Waals surface area (Å²) >= 11 is 0. The standard InChI is InChI=1S/C20H22N2O6/c1-22(12-15-5-9-17(10-6-15)28-13-18(23)27-2)20(26)21-11-14-3-7-16(8-4-14)19(24)25/h3-10H,11-13H2,1-2H3,(H,21,26)(H,24,25). The fraction of sp³-hybridized carbons (Fsp3) is 0.250. The number of benzene rings is 2.